The van der Waals surface area contributed by atoms with Gasteiger partial charge in [0, 0.05) is 12.4 Å². The Morgan fingerprint density at radius 3 is 2.73 bits per heavy atom. The van der Waals surface area contributed by atoms with Crippen molar-refractivity contribution in [3.63, 3.8) is 0 Å². The highest BCUT2D eigenvalue weighted by Gasteiger charge is 2.27. The van der Waals surface area contributed by atoms with Crippen LogP contribution in [0.2, 0.25) is 0 Å². The summed E-state index contributed by atoms with van der Waals surface area (Å²) in [6.45, 7) is 4.04. The van der Waals surface area contributed by atoms with Gasteiger partial charge >= 0.3 is 0 Å². The first kappa shape index (κ1) is 9.76. The van der Waals surface area contributed by atoms with Crippen molar-refractivity contribution in [1.29, 1.82) is 0 Å². The van der Waals surface area contributed by atoms with Crippen molar-refractivity contribution in [1.82, 2.24) is 9.97 Å². The van der Waals surface area contributed by atoms with E-state index in [0.29, 0.717) is 12.2 Å². The molecule has 1 aliphatic heterocycles. The van der Waals surface area contributed by atoms with E-state index in [1.165, 1.54) is 11.2 Å². The van der Waals surface area contributed by atoms with Crippen LogP contribution in [0.4, 0.5) is 5.82 Å². The number of nitrogens with zero attached hydrogens (tertiary/aromatic N) is 4. The van der Waals surface area contributed by atoms with Gasteiger partial charge in [0.25, 0.3) is 5.91 Å². The molecule has 0 unspecified atom stereocenters. The lowest BCUT2D eigenvalue weighted by atomic mass is 10.1. The van der Waals surface area contributed by atoms with Crippen molar-refractivity contribution in [3.8, 4) is 0 Å². The number of amides is 1. The number of carbonyl (C=O) groups is 1. The van der Waals surface area contributed by atoms with Crippen molar-refractivity contribution in [2.75, 3.05) is 5.01 Å². The molecule has 0 atom stereocenters. The predicted octanol–water partition coefficient (Wildman–Crippen LogP) is 1.23. The number of aromatic nitrogens is 2. The lowest BCUT2D eigenvalue weighted by Gasteiger charge is -2.08. The average molecular weight is 204 g/mol. The fourth-order valence-electron chi connectivity index (χ4n) is 1.35. The molecule has 5 nitrogen and oxygen atoms in total. The molecule has 78 valence electrons. The standard InChI is InChI=1S/C10H12N4O/c1-7(2)8-5-10(15)14(13-8)9-6-11-3-4-12-9/h3-4,6-7H,5H2,1-2H3. The van der Waals surface area contributed by atoms with Gasteiger partial charge in [-0.15, -0.1) is 0 Å². The number of hydrogen-bond donors (Lipinski definition) is 0. The molecule has 2 rings (SSSR count). The van der Waals surface area contributed by atoms with Crippen LogP contribution in [0.3, 0.4) is 0 Å². The molecule has 15 heavy (non-hydrogen) atoms. The van der Waals surface area contributed by atoms with E-state index < -0.39 is 0 Å². The Kier molecular flexibility index (Phi) is 2.45. The summed E-state index contributed by atoms with van der Waals surface area (Å²) in [6, 6.07) is 0. The van der Waals surface area contributed by atoms with Crippen molar-refractivity contribution in [2.45, 2.75) is 20.3 Å². The Labute approximate surface area is 87.8 Å². The summed E-state index contributed by atoms with van der Waals surface area (Å²) in [4.78, 5) is 19.6. The van der Waals surface area contributed by atoms with Gasteiger partial charge in [-0.05, 0) is 5.92 Å². The molecule has 1 aromatic heterocycles. The summed E-state index contributed by atoms with van der Waals surface area (Å²) in [7, 11) is 0. The smallest absolute Gasteiger partial charge is 0.254 e. The van der Waals surface area contributed by atoms with E-state index in [9.17, 15) is 4.79 Å². The monoisotopic (exact) mass is 204 g/mol. The zero-order valence-corrected chi connectivity index (χ0v) is 8.71. The fourth-order valence-corrected chi connectivity index (χ4v) is 1.35. The van der Waals surface area contributed by atoms with Crippen LogP contribution in [-0.2, 0) is 4.79 Å². The van der Waals surface area contributed by atoms with Gasteiger partial charge in [-0.1, -0.05) is 13.8 Å². The molecular weight excluding hydrogens is 192 g/mol. The van der Waals surface area contributed by atoms with Gasteiger partial charge in [0.1, 0.15) is 0 Å². The van der Waals surface area contributed by atoms with Crippen molar-refractivity contribution in [2.24, 2.45) is 11.0 Å². The van der Waals surface area contributed by atoms with Crippen LogP contribution in [0, 0.1) is 5.92 Å². The van der Waals surface area contributed by atoms with E-state index in [-0.39, 0.29) is 11.8 Å². The van der Waals surface area contributed by atoms with Gasteiger partial charge in [-0.3, -0.25) is 9.78 Å². The molecule has 1 amide bonds. The summed E-state index contributed by atoms with van der Waals surface area (Å²) in [6.07, 6.45) is 5.03. The topological polar surface area (TPSA) is 58.5 Å². The number of rotatable bonds is 2. The van der Waals surface area contributed by atoms with E-state index in [2.05, 4.69) is 15.1 Å². The average Bonchev–Trinajstić information content (AvgIpc) is 2.62. The molecule has 0 bridgehead atoms. The largest absolute Gasteiger partial charge is 0.272 e. The lowest BCUT2D eigenvalue weighted by molar-refractivity contribution is -0.117. The van der Waals surface area contributed by atoms with Gasteiger partial charge < -0.3 is 0 Å². The molecule has 0 aliphatic carbocycles. The first-order chi connectivity index (χ1) is 7.18. The minimum Gasteiger partial charge on any atom is -0.272 e. The predicted molar refractivity (Wildman–Crippen MR) is 56.4 cm³/mol. The SMILES string of the molecule is CC(C)C1=NN(c2cnccn2)C(=O)C1. The Morgan fingerprint density at radius 2 is 2.20 bits per heavy atom. The molecule has 0 fully saturated rings. The Balaban J connectivity index is 2.28. The summed E-state index contributed by atoms with van der Waals surface area (Å²) in [5.41, 5.74) is 0.894. The normalized spacial score (nSPS) is 16.1. The Hall–Kier alpha value is -1.78. The first-order valence-electron chi connectivity index (χ1n) is 4.85. The zero-order chi connectivity index (χ0) is 10.8. The maximum atomic E-state index is 11.6. The third kappa shape index (κ3) is 1.86. The number of anilines is 1. The fraction of sp³-hybridized carbons (Fsp3) is 0.400. The molecule has 1 aliphatic rings. The summed E-state index contributed by atoms with van der Waals surface area (Å²) in [5.74, 6) is 0.730. The van der Waals surface area contributed by atoms with Gasteiger partial charge in [0.2, 0.25) is 0 Å². The van der Waals surface area contributed by atoms with E-state index in [1.807, 2.05) is 13.8 Å². The third-order valence-corrected chi connectivity index (χ3v) is 2.23. The van der Waals surface area contributed by atoms with Gasteiger partial charge in [-0.25, -0.2) is 4.98 Å². The first-order valence-corrected chi connectivity index (χ1v) is 4.85. The molecule has 0 saturated carbocycles. The maximum Gasteiger partial charge on any atom is 0.254 e. The van der Waals surface area contributed by atoms with Crippen LogP contribution < -0.4 is 5.01 Å². The highest BCUT2D eigenvalue weighted by Crippen LogP contribution is 2.19. The second-order valence-electron chi connectivity index (χ2n) is 3.69. The van der Waals surface area contributed by atoms with Crippen LogP contribution in [0.5, 0.6) is 0 Å². The molecular formula is C10H12N4O. The quantitative estimate of drug-likeness (QED) is 0.727. The third-order valence-electron chi connectivity index (χ3n) is 2.23. The molecule has 5 heteroatoms. The number of carbonyl (C=O) groups excluding carboxylic acids is 1. The number of hydrogen-bond acceptors (Lipinski definition) is 4. The van der Waals surface area contributed by atoms with Crippen molar-refractivity contribution in [3.05, 3.63) is 18.6 Å². The molecule has 0 spiro atoms. The zero-order valence-electron chi connectivity index (χ0n) is 8.71. The van der Waals surface area contributed by atoms with E-state index in [1.54, 1.807) is 12.4 Å². The highest BCUT2D eigenvalue weighted by molar-refractivity contribution is 6.13. The van der Waals surface area contributed by atoms with Crippen LogP contribution in [0.1, 0.15) is 20.3 Å². The molecule has 2 heterocycles. The van der Waals surface area contributed by atoms with Crippen LogP contribution in [0.15, 0.2) is 23.7 Å². The van der Waals surface area contributed by atoms with E-state index >= 15 is 0 Å². The minimum atomic E-state index is -0.0424. The van der Waals surface area contributed by atoms with Crippen LogP contribution in [0.25, 0.3) is 0 Å². The van der Waals surface area contributed by atoms with E-state index in [4.69, 9.17) is 0 Å². The minimum absolute atomic E-state index is 0.0424. The summed E-state index contributed by atoms with van der Waals surface area (Å²) < 4.78 is 0. The van der Waals surface area contributed by atoms with Crippen molar-refractivity contribution < 1.29 is 4.79 Å². The molecule has 1 aromatic rings. The molecule has 0 radical (unpaired) electrons. The highest BCUT2D eigenvalue weighted by atomic mass is 16.2. The van der Waals surface area contributed by atoms with Gasteiger partial charge in [0.15, 0.2) is 5.82 Å². The molecule has 0 N–H and O–H groups in total. The molecule has 0 aromatic carbocycles. The van der Waals surface area contributed by atoms with Crippen LogP contribution >= 0.6 is 0 Å². The maximum absolute atomic E-state index is 11.6. The second-order valence-corrected chi connectivity index (χ2v) is 3.69. The summed E-state index contributed by atoms with van der Waals surface area (Å²) in [5, 5.41) is 5.56. The Bertz CT molecular complexity index is 399. The Morgan fingerprint density at radius 1 is 1.40 bits per heavy atom. The lowest BCUT2D eigenvalue weighted by Crippen LogP contribution is -2.20. The second kappa shape index (κ2) is 3.76. The van der Waals surface area contributed by atoms with E-state index in [0.717, 1.165) is 5.71 Å². The summed E-state index contributed by atoms with van der Waals surface area (Å²) >= 11 is 0. The van der Waals surface area contributed by atoms with Crippen molar-refractivity contribution >= 4 is 17.4 Å². The number of hydrazone groups is 1. The van der Waals surface area contributed by atoms with Gasteiger partial charge in [0.05, 0.1) is 18.3 Å². The van der Waals surface area contributed by atoms with Gasteiger partial charge in [-0.2, -0.15) is 10.1 Å². The molecule has 0 saturated heterocycles. The van der Waals surface area contributed by atoms with Crippen LogP contribution in [-0.4, -0.2) is 21.6 Å².